The molecular weight excluding hydrogens is 334 g/mol. The van der Waals surface area contributed by atoms with Gasteiger partial charge in [0.25, 0.3) is 5.91 Å². The SMILES string of the molecule is COc1cccc(C(=O)OC(C(=O)N2CCCC2)c2ccccc2)c1O. The first-order valence-electron chi connectivity index (χ1n) is 8.52. The van der Waals surface area contributed by atoms with Crippen molar-refractivity contribution in [2.45, 2.75) is 18.9 Å². The minimum Gasteiger partial charge on any atom is -0.504 e. The van der Waals surface area contributed by atoms with E-state index in [1.54, 1.807) is 35.2 Å². The Morgan fingerprint density at radius 2 is 1.73 bits per heavy atom. The van der Waals surface area contributed by atoms with Crippen LogP contribution in [0.15, 0.2) is 48.5 Å². The van der Waals surface area contributed by atoms with Crippen molar-refractivity contribution < 1.29 is 24.2 Å². The van der Waals surface area contributed by atoms with Crippen LogP contribution in [0.5, 0.6) is 11.5 Å². The quantitative estimate of drug-likeness (QED) is 0.835. The summed E-state index contributed by atoms with van der Waals surface area (Å²) in [6.07, 6.45) is 0.836. The number of phenolic OH excluding ortho intramolecular Hbond substituents is 1. The van der Waals surface area contributed by atoms with Crippen molar-refractivity contribution in [1.29, 1.82) is 0 Å². The summed E-state index contributed by atoms with van der Waals surface area (Å²) in [5, 5.41) is 10.2. The predicted molar refractivity (Wildman–Crippen MR) is 95.1 cm³/mol. The zero-order valence-corrected chi connectivity index (χ0v) is 14.6. The van der Waals surface area contributed by atoms with Gasteiger partial charge in [0.05, 0.1) is 7.11 Å². The van der Waals surface area contributed by atoms with E-state index >= 15 is 0 Å². The van der Waals surface area contributed by atoms with Gasteiger partial charge in [0.2, 0.25) is 6.10 Å². The third-order valence-electron chi connectivity index (χ3n) is 4.41. The van der Waals surface area contributed by atoms with Crippen LogP contribution in [-0.2, 0) is 9.53 Å². The Balaban J connectivity index is 1.88. The molecule has 1 aliphatic rings. The van der Waals surface area contributed by atoms with Gasteiger partial charge in [-0.25, -0.2) is 4.79 Å². The van der Waals surface area contributed by atoms with Crippen LogP contribution in [0.3, 0.4) is 0 Å². The maximum absolute atomic E-state index is 12.9. The van der Waals surface area contributed by atoms with Gasteiger partial charge in [-0.2, -0.15) is 0 Å². The molecule has 0 bridgehead atoms. The number of benzene rings is 2. The second kappa shape index (κ2) is 7.91. The second-order valence-corrected chi connectivity index (χ2v) is 6.08. The highest BCUT2D eigenvalue weighted by Gasteiger charge is 2.32. The monoisotopic (exact) mass is 355 g/mol. The van der Waals surface area contributed by atoms with Crippen molar-refractivity contribution in [2.24, 2.45) is 0 Å². The van der Waals surface area contributed by atoms with E-state index in [9.17, 15) is 14.7 Å². The molecule has 3 rings (SSSR count). The summed E-state index contributed by atoms with van der Waals surface area (Å²) in [7, 11) is 1.40. The van der Waals surface area contributed by atoms with E-state index in [0.717, 1.165) is 12.8 Å². The van der Waals surface area contributed by atoms with Crippen LogP contribution in [0, 0.1) is 0 Å². The van der Waals surface area contributed by atoms with Crippen LogP contribution in [-0.4, -0.2) is 42.1 Å². The Hall–Kier alpha value is -3.02. The third-order valence-corrected chi connectivity index (χ3v) is 4.41. The van der Waals surface area contributed by atoms with Gasteiger partial charge in [0.15, 0.2) is 11.5 Å². The first-order valence-corrected chi connectivity index (χ1v) is 8.52. The number of phenols is 1. The molecule has 1 heterocycles. The van der Waals surface area contributed by atoms with Crippen molar-refractivity contribution in [3.63, 3.8) is 0 Å². The number of hydrogen-bond acceptors (Lipinski definition) is 5. The highest BCUT2D eigenvalue weighted by molar-refractivity contribution is 5.95. The summed E-state index contributed by atoms with van der Waals surface area (Å²) in [6.45, 7) is 1.31. The van der Waals surface area contributed by atoms with Gasteiger partial charge in [-0.15, -0.1) is 0 Å². The normalized spacial score (nSPS) is 14.7. The van der Waals surface area contributed by atoms with Crippen LogP contribution in [0.1, 0.15) is 34.9 Å². The van der Waals surface area contributed by atoms with E-state index in [4.69, 9.17) is 9.47 Å². The number of para-hydroxylation sites is 1. The number of likely N-dealkylation sites (tertiary alicyclic amines) is 1. The van der Waals surface area contributed by atoms with E-state index in [2.05, 4.69) is 0 Å². The van der Waals surface area contributed by atoms with Crippen LogP contribution in [0.4, 0.5) is 0 Å². The molecule has 0 saturated carbocycles. The molecule has 1 unspecified atom stereocenters. The smallest absolute Gasteiger partial charge is 0.343 e. The minimum atomic E-state index is -1.05. The standard InChI is InChI=1S/C20H21NO5/c1-25-16-11-7-10-15(17(16)22)20(24)26-18(14-8-3-2-4-9-14)19(23)21-12-5-6-13-21/h2-4,7-11,18,22H,5-6,12-13H2,1H3. The van der Waals surface area contributed by atoms with E-state index in [1.807, 2.05) is 6.07 Å². The van der Waals surface area contributed by atoms with Crippen LogP contribution in [0.25, 0.3) is 0 Å². The van der Waals surface area contributed by atoms with E-state index in [0.29, 0.717) is 18.7 Å². The van der Waals surface area contributed by atoms with E-state index < -0.39 is 12.1 Å². The Bertz CT molecular complexity index is 784. The van der Waals surface area contributed by atoms with Gasteiger partial charge in [-0.05, 0) is 25.0 Å². The number of rotatable bonds is 5. The molecule has 2 aromatic carbocycles. The maximum Gasteiger partial charge on any atom is 0.343 e. The highest BCUT2D eigenvalue weighted by atomic mass is 16.5. The number of methoxy groups -OCH3 is 1. The lowest BCUT2D eigenvalue weighted by Crippen LogP contribution is -2.34. The lowest BCUT2D eigenvalue weighted by atomic mass is 10.1. The van der Waals surface area contributed by atoms with Crippen molar-refractivity contribution in [1.82, 2.24) is 4.90 Å². The molecule has 1 atom stereocenters. The van der Waals surface area contributed by atoms with Gasteiger partial charge >= 0.3 is 5.97 Å². The summed E-state index contributed by atoms with van der Waals surface area (Å²) in [5.41, 5.74) is 0.555. The Labute approximate surface area is 152 Å². The van der Waals surface area contributed by atoms with E-state index in [1.165, 1.54) is 19.2 Å². The molecule has 2 aromatic rings. The zero-order chi connectivity index (χ0) is 18.5. The average molecular weight is 355 g/mol. The van der Waals surface area contributed by atoms with Gasteiger partial charge < -0.3 is 19.5 Å². The molecule has 6 nitrogen and oxygen atoms in total. The fourth-order valence-corrected chi connectivity index (χ4v) is 3.01. The molecule has 136 valence electrons. The summed E-state index contributed by atoms with van der Waals surface area (Å²) in [4.78, 5) is 27.2. The molecule has 0 aromatic heterocycles. The lowest BCUT2D eigenvalue weighted by molar-refractivity contribution is -0.140. The molecule has 26 heavy (non-hydrogen) atoms. The predicted octanol–water partition coefficient (Wildman–Crippen LogP) is 2.92. The molecule has 0 aliphatic carbocycles. The molecular formula is C20H21NO5. The molecule has 1 fully saturated rings. The maximum atomic E-state index is 12.9. The molecule has 1 amide bonds. The summed E-state index contributed by atoms with van der Waals surface area (Å²) in [5.74, 6) is -1.16. The largest absolute Gasteiger partial charge is 0.504 e. The van der Waals surface area contributed by atoms with Gasteiger partial charge in [0, 0.05) is 18.7 Å². The first kappa shape index (κ1) is 17.8. The van der Waals surface area contributed by atoms with E-state index in [-0.39, 0.29) is 23.0 Å². The summed E-state index contributed by atoms with van der Waals surface area (Å²) >= 11 is 0. The van der Waals surface area contributed by atoms with Crippen molar-refractivity contribution in [3.05, 3.63) is 59.7 Å². The Kier molecular flexibility index (Phi) is 5.41. The molecule has 0 spiro atoms. The molecule has 1 aliphatic heterocycles. The third kappa shape index (κ3) is 3.64. The van der Waals surface area contributed by atoms with Crippen LogP contribution >= 0.6 is 0 Å². The van der Waals surface area contributed by atoms with Crippen LogP contribution < -0.4 is 4.74 Å². The number of esters is 1. The average Bonchev–Trinajstić information content (AvgIpc) is 3.21. The summed E-state index contributed by atoms with van der Waals surface area (Å²) < 4.78 is 10.6. The number of amides is 1. The topological polar surface area (TPSA) is 76.1 Å². The van der Waals surface area contributed by atoms with Crippen molar-refractivity contribution in [2.75, 3.05) is 20.2 Å². The number of aromatic hydroxyl groups is 1. The number of nitrogens with zero attached hydrogens (tertiary/aromatic N) is 1. The first-order chi connectivity index (χ1) is 12.6. The van der Waals surface area contributed by atoms with Crippen LogP contribution in [0.2, 0.25) is 0 Å². The van der Waals surface area contributed by atoms with Crippen molar-refractivity contribution >= 4 is 11.9 Å². The molecule has 0 radical (unpaired) electrons. The number of carbonyl (C=O) groups excluding carboxylic acids is 2. The second-order valence-electron chi connectivity index (χ2n) is 6.08. The molecule has 1 N–H and O–H groups in total. The number of hydrogen-bond donors (Lipinski definition) is 1. The Morgan fingerprint density at radius 1 is 1.04 bits per heavy atom. The van der Waals surface area contributed by atoms with Gasteiger partial charge in [-0.3, -0.25) is 4.79 Å². The summed E-state index contributed by atoms with van der Waals surface area (Å²) in [6, 6.07) is 13.5. The fraction of sp³-hybridized carbons (Fsp3) is 0.300. The molecule has 1 saturated heterocycles. The number of carbonyl (C=O) groups is 2. The van der Waals surface area contributed by atoms with Gasteiger partial charge in [-0.1, -0.05) is 36.4 Å². The fourth-order valence-electron chi connectivity index (χ4n) is 3.01. The minimum absolute atomic E-state index is 0.0421. The van der Waals surface area contributed by atoms with Crippen molar-refractivity contribution in [3.8, 4) is 11.5 Å². The Morgan fingerprint density at radius 3 is 2.38 bits per heavy atom. The highest BCUT2D eigenvalue weighted by Crippen LogP contribution is 2.32. The lowest BCUT2D eigenvalue weighted by Gasteiger charge is -2.23. The van der Waals surface area contributed by atoms with Gasteiger partial charge in [0.1, 0.15) is 5.56 Å². The molecule has 6 heteroatoms. The zero-order valence-electron chi connectivity index (χ0n) is 14.6. The number of ether oxygens (including phenoxy) is 2.